The minimum Gasteiger partial charge on any atom is -0.325 e. The van der Waals surface area contributed by atoms with Crippen molar-refractivity contribution in [2.45, 2.75) is 40.2 Å². The lowest BCUT2D eigenvalue weighted by Crippen LogP contribution is -2.19. The molecule has 0 bridgehead atoms. The molecule has 2 aromatic heterocycles. The van der Waals surface area contributed by atoms with Gasteiger partial charge >= 0.3 is 0 Å². The van der Waals surface area contributed by atoms with Gasteiger partial charge in [0.1, 0.15) is 0 Å². The van der Waals surface area contributed by atoms with E-state index in [2.05, 4.69) is 22.3 Å². The molecule has 2 heterocycles. The summed E-state index contributed by atoms with van der Waals surface area (Å²) in [7, 11) is 0. The van der Waals surface area contributed by atoms with Gasteiger partial charge in [0.25, 0.3) is 0 Å². The van der Waals surface area contributed by atoms with Crippen molar-refractivity contribution >= 4 is 11.6 Å². The number of hydrogen-bond acceptors (Lipinski definition) is 3. The highest BCUT2D eigenvalue weighted by Gasteiger charge is 2.16. The monoisotopic (exact) mass is 272 g/mol. The van der Waals surface area contributed by atoms with Gasteiger partial charge in [0.15, 0.2) is 0 Å². The van der Waals surface area contributed by atoms with E-state index in [-0.39, 0.29) is 11.9 Å². The molecule has 5 heteroatoms. The van der Waals surface area contributed by atoms with E-state index < -0.39 is 0 Å². The molecule has 1 atom stereocenters. The number of aromatic nitrogens is 3. The third-order valence-corrected chi connectivity index (χ3v) is 3.53. The highest BCUT2D eigenvalue weighted by Crippen LogP contribution is 2.19. The van der Waals surface area contributed by atoms with Crippen molar-refractivity contribution in [2.75, 3.05) is 5.32 Å². The Balaban J connectivity index is 2.02. The molecule has 106 valence electrons. The van der Waals surface area contributed by atoms with Crippen molar-refractivity contribution < 1.29 is 4.79 Å². The number of aryl methyl sites for hydroxylation is 1. The van der Waals surface area contributed by atoms with Crippen LogP contribution in [0.3, 0.4) is 0 Å². The fourth-order valence-corrected chi connectivity index (χ4v) is 2.18. The lowest BCUT2D eigenvalue weighted by molar-refractivity contribution is -0.116. The molecule has 0 aliphatic heterocycles. The Morgan fingerprint density at radius 3 is 2.70 bits per heavy atom. The van der Waals surface area contributed by atoms with Gasteiger partial charge in [-0.25, -0.2) is 0 Å². The molecule has 0 saturated heterocycles. The molecule has 2 rings (SSSR count). The molecule has 1 N–H and O–H groups in total. The van der Waals surface area contributed by atoms with Gasteiger partial charge in [0.05, 0.1) is 23.6 Å². The minimum absolute atomic E-state index is 0.0269. The Morgan fingerprint density at radius 1 is 1.40 bits per heavy atom. The van der Waals surface area contributed by atoms with Crippen molar-refractivity contribution in [3.8, 4) is 0 Å². The number of carbonyl (C=O) groups is 1. The molecule has 0 aliphatic rings. The van der Waals surface area contributed by atoms with Crippen molar-refractivity contribution in [1.29, 1.82) is 0 Å². The van der Waals surface area contributed by atoms with Crippen LogP contribution in [-0.2, 0) is 4.79 Å². The first-order chi connectivity index (χ1) is 9.49. The fourth-order valence-electron chi connectivity index (χ4n) is 2.18. The fraction of sp³-hybridized carbons (Fsp3) is 0.400. The Hall–Kier alpha value is -2.17. The first-order valence-electron chi connectivity index (χ1n) is 6.71. The van der Waals surface area contributed by atoms with Gasteiger partial charge in [-0.05, 0) is 45.4 Å². The van der Waals surface area contributed by atoms with Crippen molar-refractivity contribution in [1.82, 2.24) is 14.8 Å². The first kappa shape index (κ1) is 14.2. The lowest BCUT2D eigenvalue weighted by atomic mass is 10.2. The van der Waals surface area contributed by atoms with Crippen LogP contribution in [0.2, 0.25) is 0 Å². The molecule has 0 radical (unpaired) electrons. The van der Waals surface area contributed by atoms with Crippen LogP contribution >= 0.6 is 0 Å². The predicted molar refractivity (Wildman–Crippen MR) is 78.6 cm³/mol. The average molecular weight is 272 g/mol. The summed E-state index contributed by atoms with van der Waals surface area (Å²) in [5.74, 6) is -0.0318. The zero-order valence-corrected chi connectivity index (χ0v) is 12.3. The van der Waals surface area contributed by atoms with Gasteiger partial charge in [0, 0.05) is 18.3 Å². The second-order valence-electron chi connectivity index (χ2n) is 5.08. The normalized spacial score (nSPS) is 12.2. The number of amides is 1. The minimum atomic E-state index is -0.0318. The Bertz CT molecular complexity index is 604. The van der Waals surface area contributed by atoms with Crippen molar-refractivity contribution in [2.24, 2.45) is 0 Å². The molecule has 0 fully saturated rings. The molecule has 0 spiro atoms. The summed E-state index contributed by atoms with van der Waals surface area (Å²) in [5.41, 5.74) is 4.03. The lowest BCUT2D eigenvalue weighted by Gasteiger charge is -2.14. The zero-order valence-electron chi connectivity index (χ0n) is 12.3. The van der Waals surface area contributed by atoms with Gasteiger partial charge in [-0.1, -0.05) is 0 Å². The predicted octanol–water partition coefficient (Wildman–Crippen LogP) is 2.79. The number of pyridine rings is 1. The Kier molecular flexibility index (Phi) is 4.17. The summed E-state index contributed by atoms with van der Waals surface area (Å²) >= 11 is 0. The summed E-state index contributed by atoms with van der Waals surface area (Å²) in [6.45, 7) is 8.07. The molecule has 5 nitrogen and oxygen atoms in total. The van der Waals surface area contributed by atoms with Crippen LogP contribution in [0, 0.1) is 20.8 Å². The molecule has 0 aromatic carbocycles. The van der Waals surface area contributed by atoms with Crippen LogP contribution in [0.5, 0.6) is 0 Å². The van der Waals surface area contributed by atoms with Gasteiger partial charge in [-0.15, -0.1) is 0 Å². The van der Waals surface area contributed by atoms with Crippen molar-refractivity contribution in [3.63, 3.8) is 0 Å². The standard InChI is InChI=1S/C15H20N4O/c1-10(19-13(4)11(2)12(3)18-19)8-15(20)17-14-6-5-7-16-9-14/h5-7,9-10H,8H2,1-4H3,(H,17,20)/t10-/m1/s1. The topological polar surface area (TPSA) is 59.8 Å². The van der Waals surface area contributed by atoms with E-state index in [1.54, 1.807) is 18.5 Å². The van der Waals surface area contributed by atoms with Crippen LogP contribution in [-0.4, -0.2) is 20.7 Å². The molecule has 1 amide bonds. The zero-order chi connectivity index (χ0) is 14.7. The highest BCUT2D eigenvalue weighted by molar-refractivity contribution is 5.90. The van der Waals surface area contributed by atoms with Gasteiger partial charge in [-0.2, -0.15) is 5.10 Å². The number of carbonyl (C=O) groups excluding carboxylic acids is 1. The summed E-state index contributed by atoms with van der Waals surface area (Å²) in [5, 5.41) is 7.34. The number of rotatable bonds is 4. The van der Waals surface area contributed by atoms with Crippen LogP contribution in [0.15, 0.2) is 24.5 Å². The molecule has 2 aromatic rings. The van der Waals surface area contributed by atoms with E-state index >= 15 is 0 Å². The van der Waals surface area contributed by atoms with E-state index in [0.717, 1.165) is 11.4 Å². The average Bonchev–Trinajstić information content (AvgIpc) is 2.67. The van der Waals surface area contributed by atoms with Gasteiger partial charge in [-0.3, -0.25) is 14.5 Å². The maximum absolute atomic E-state index is 12.0. The molecule has 0 saturated carbocycles. The first-order valence-corrected chi connectivity index (χ1v) is 6.71. The molecule has 0 unspecified atom stereocenters. The second-order valence-corrected chi connectivity index (χ2v) is 5.08. The number of nitrogens with zero attached hydrogens (tertiary/aromatic N) is 3. The summed E-state index contributed by atoms with van der Waals surface area (Å²) in [4.78, 5) is 16.0. The van der Waals surface area contributed by atoms with Crippen LogP contribution < -0.4 is 5.32 Å². The number of nitrogens with one attached hydrogen (secondary N) is 1. The van der Waals surface area contributed by atoms with Crippen LogP contribution in [0.1, 0.15) is 36.3 Å². The summed E-state index contributed by atoms with van der Waals surface area (Å²) < 4.78 is 1.92. The third-order valence-electron chi connectivity index (χ3n) is 3.53. The van der Waals surface area contributed by atoms with Crippen LogP contribution in [0.25, 0.3) is 0 Å². The smallest absolute Gasteiger partial charge is 0.226 e. The summed E-state index contributed by atoms with van der Waals surface area (Å²) in [6, 6.07) is 3.64. The third kappa shape index (κ3) is 3.04. The maximum atomic E-state index is 12.0. The van der Waals surface area contributed by atoms with Gasteiger partial charge in [0.2, 0.25) is 5.91 Å². The highest BCUT2D eigenvalue weighted by atomic mass is 16.1. The van der Waals surface area contributed by atoms with E-state index in [1.807, 2.05) is 31.5 Å². The SMILES string of the molecule is Cc1nn([C@H](C)CC(=O)Nc2cccnc2)c(C)c1C. The Morgan fingerprint density at radius 2 is 2.15 bits per heavy atom. The molecule has 0 aliphatic carbocycles. The van der Waals surface area contributed by atoms with E-state index in [4.69, 9.17) is 0 Å². The van der Waals surface area contributed by atoms with E-state index in [9.17, 15) is 4.79 Å². The maximum Gasteiger partial charge on any atom is 0.226 e. The molecule has 20 heavy (non-hydrogen) atoms. The second kappa shape index (κ2) is 5.86. The number of anilines is 1. The quantitative estimate of drug-likeness (QED) is 0.931. The van der Waals surface area contributed by atoms with Crippen LogP contribution in [0.4, 0.5) is 5.69 Å². The number of hydrogen-bond donors (Lipinski definition) is 1. The summed E-state index contributed by atoms with van der Waals surface area (Å²) in [6.07, 6.45) is 3.70. The largest absolute Gasteiger partial charge is 0.325 e. The van der Waals surface area contributed by atoms with E-state index in [1.165, 1.54) is 5.56 Å². The van der Waals surface area contributed by atoms with Gasteiger partial charge < -0.3 is 5.32 Å². The van der Waals surface area contributed by atoms with Crippen molar-refractivity contribution in [3.05, 3.63) is 41.5 Å². The van der Waals surface area contributed by atoms with E-state index in [0.29, 0.717) is 12.1 Å². The Labute approximate surface area is 119 Å². The molecular formula is C15H20N4O. The molecular weight excluding hydrogens is 252 g/mol.